The lowest BCUT2D eigenvalue weighted by Crippen LogP contribution is -2.33. The molecule has 2 aromatic rings. The van der Waals surface area contributed by atoms with Crippen molar-refractivity contribution in [3.05, 3.63) is 64.9 Å². The average Bonchev–Trinajstić information content (AvgIpc) is 2.59. The van der Waals surface area contributed by atoms with Crippen molar-refractivity contribution in [3.63, 3.8) is 0 Å². The highest BCUT2D eigenvalue weighted by Gasteiger charge is 2.43. The number of fused-ring (bicyclic) bond motifs is 1. The largest absolute Gasteiger partial charge is 0.444 e. The average molecular weight is 345 g/mol. The fourth-order valence-corrected chi connectivity index (χ4v) is 3.97. The van der Waals surface area contributed by atoms with Crippen molar-refractivity contribution in [2.75, 3.05) is 0 Å². The monoisotopic (exact) mass is 345 g/mol. The number of nitriles is 1. The van der Waals surface area contributed by atoms with Crippen LogP contribution in [0.2, 0.25) is 0 Å². The number of Topliss-reactive ketones (excluding diaryl/α,β-unsaturated/α-hetero) is 1. The molecule has 26 heavy (non-hydrogen) atoms. The number of benzene rings is 1. The zero-order valence-electron chi connectivity index (χ0n) is 14.7. The second-order valence-corrected chi connectivity index (χ2v) is 7.62. The highest BCUT2D eigenvalue weighted by molar-refractivity contribution is 6.01. The van der Waals surface area contributed by atoms with Crippen LogP contribution < -0.4 is 5.73 Å². The van der Waals surface area contributed by atoms with Crippen LogP contribution in [0.4, 0.5) is 0 Å². The van der Waals surface area contributed by atoms with Gasteiger partial charge >= 0.3 is 0 Å². The van der Waals surface area contributed by atoms with Gasteiger partial charge in [0.25, 0.3) is 0 Å². The van der Waals surface area contributed by atoms with Crippen molar-refractivity contribution >= 4 is 16.7 Å². The number of aromatic nitrogens is 1. The summed E-state index contributed by atoms with van der Waals surface area (Å²) in [5, 5.41) is 10.6. The van der Waals surface area contributed by atoms with Gasteiger partial charge in [0, 0.05) is 30.0 Å². The van der Waals surface area contributed by atoms with Gasteiger partial charge in [0.05, 0.1) is 11.4 Å². The highest BCUT2D eigenvalue weighted by Crippen LogP contribution is 2.48. The molecule has 0 amide bonds. The first-order chi connectivity index (χ1) is 12.4. The van der Waals surface area contributed by atoms with Gasteiger partial charge in [-0.15, -0.1) is 0 Å². The van der Waals surface area contributed by atoms with Gasteiger partial charge in [-0.3, -0.25) is 9.78 Å². The summed E-state index contributed by atoms with van der Waals surface area (Å²) in [6.45, 7) is 4.07. The lowest BCUT2D eigenvalue weighted by molar-refractivity contribution is -0.119. The maximum absolute atomic E-state index is 13.0. The maximum Gasteiger partial charge on any atom is 0.205 e. The van der Waals surface area contributed by atoms with Crippen LogP contribution in [0.15, 0.2) is 59.3 Å². The third kappa shape index (κ3) is 2.46. The van der Waals surface area contributed by atoms with Crippen LogP contribution in [-0.4, -0.2) is 10.8 Å². The van der Waals surface area contributed by atoms with E-state index in [0.29, 0.717) is 24.2 Å². The van der Waals surface area contributed by atoms with E-state index >= 15 is 0 Å². The van der Waals surface area contributed by atoms with Crippen molar-refractivity contribution in [1.29, 1.82) is 5.26 Å². The molecule has 0 bridgehead atoms. The maximum atomic E-state index is 13.0. The molecule has 0 fully saturated rings. The molecule has 0 unspecified atom stereocenters. The summed E-state index contributed by atoms with van der Waals surface area (Å²) >= 11 is 0. The molecule has 2 heterocycles. The predicted molar refractivity (Wildman–Crippen MR) is 97.4 cm³/mol. The number of pyridine rings is 1. The van der Waals surface area contributed by atoms with E-state index in [1.54, 1.807) is 6.20 Å². The van der Waals surface area contributed by atoms with E-state index in [4.69, 9.17) is 10.5 Å². The van der Waals surface area contributed by atoms with Gasteiger partial charge < -0.3 is 10.5 Å². The van der Waals surface area contributed by atoms with Gasteiger partial charge in [0.2, 0.25) is 5.88 Å². The van der Waals surface area contributed by atoms with Crippen LogP contribution in [0.25, 0.3) is 10.9 Å². The van der Waals surface area contributed by atoms with E-state index in [2.05, 4.69) is 11.1 Å². The third-order valence-electron chi connectivity index (χ3n) is 5.07. The predicted octanol–water partition coefficient (Wildman–Crippen LogP) is 3.69. The van der Waals surface area contributed by atoms with Crippen LogP contribution in [0.1, 0.15) is 38.2 Å². The second-order valence-electron chi connectivity index (χ2n) is 7.62. The normalized spacial score (nSPS) is 22.0. The first-order valence-electron chi connectivity index (χ1n) is 8.59. The molecule has 130 valence electrons. The Labute approximate surface area is 151 Å². The molecular weight excluding hydrogens is 326 g/mol. The van der Waals surface area contributed by atoms with Gasteiger partial charge in [-0.05, 0) is 23.1 Å². The number of ether oxygens (including phenoxy) is 1. The van der Waals surface area contributed by atoms with Crippen LogP contribution in [-0.2, 0) is 9.53 Å². The van der Waals surface area contributed by atoms with Crippen molar-refractivity contribution in [2.45, 2.75) is 32.6 Å². The number of nitrogens with zero attached hydrogens (tertiary/aromatic N) is 2. The summed E-state index contributed by atoms with van der Waals surface area (Å²) < 4.78 is 5.74. The van der Waals surface area contributed by atoms with E-state index < -0.39 is 5.92 Å². The van der Waals surface area contributed by atoms with Crippen LogP contribution in [0.5, 0.6) is 0 Å². The Bertz CT molecular complexity index is 1040. The molecule has 1 aromatic carbocycles. The molecule has 4 rings (SSSR count). The summed E-state index contributed by atoms with van der Waals surface area (Å²) in [6, 6.07) is 11.7. The fraction of sp³-hybridized carbons (Fsp3) is 0.286. The quantitative estimate of drug-likeness (QED) is 0.851. The molecule has 0 saturated heterocycles. The van der Waals surface area contributed by atoms with E-state index in [0.717, 1.165) is 16.5 Å². The summed E-state index contributed by atoms with van der Waals surface area (Å²) in [4.78, 5) is 17.4. The summed E-state index contributed by atoms with van der Waals surface area (Å²) in [7, 11) is 0. The van der Waals surface area contributed by atoms with E-state index in [1.807, 2.05) is 44.2 Å². The Morgan fingerprint density at radius 1 is 1.27 bits per heavy atom. The van der Waals surface area contributed by atoms with Gasteiger partial charge in [-0.2, -0.15) is 5.26 Å². The Morgan fingerprint density at radius 2 is 2.04 bits per heavy atom. The van der Waals surface area contributed by atoms with Gasteiger partial charge in [0.1, 0.15) is 17.4 Å². The van der Waals surface area contributed by atoms with E-state index in [-0.39, 0.29) is 22.7 Å². The zero-order chi connectivity index (χ0) is 18.5. The fourth-order valence-electron chi connectivity index (χ4n) is 3.97. The molecule has 0 radical (unpaired) electrons. The summed E-state index contributed by atoms with van der Waals surface area (Å²) in [6.07, 6.45) is 2.75. The number of nitrogens with two attached hydrogens (primary N) is 1. The molecule has 5 nitrogen and oxygen atoms in total. The van der Waals surface area contributed by atoms with Crippen LogP contribution in [0, 0.1) is 16.7 Å². The molecule has 1 aliphatic carbocycles. The van der Waals surface area contributed by atoms with Crippen LogP contribution >= 0.6 is 0 Å². The molecule has 1 aromatic heterocycles. The van der Waals surface area contributed by atoms with Crippen molar-refractivity contribution in [1.82, 2.24) is 4.98 Å². The van der Waals surface area contributed by atoms with Crippen LogP contribution in [0.3, 0.4) is 0 Å². The Hall–Kier alpha value is -3.13. The third-order valence-corrected chi connectivity index (χ3v) is 5.07. The molecule has 5 heteroatoms. The topological polar surface area (TPSA) is 89.0 Å². The number of rotatable bonds is 1. The molecular formula is C21H19N3O2. The molecule has 2 N–H and O–H groups in total. The molecule has 1 atom stereocenters. The number of carbonyl (C=O) groups excluding carboxylic acids is 1. The molecule has 2 aliphatic rings. The number of carbonyl (C=O) groups is 1. The number of ketones is 1. The Kier molecular flexibility index (Phi) is 3.58. The second kappa shape index (κ2) is 5.70. The summed E-state index contributed by atoms with van der Waals surface area (Å²) in [5.41, 5.74) is 8.41. The van der Waals surface area contributed by atoms with Gasteiger partial charge in [0.15, 0.2) is 5.78 Å². The van der Waals surface area contributed by atoms with Crippen molar-refractivity contribution in [3.8, 4) is 6.07 Å². The standard InChI is InChI=1S/C21H19N3O2/c1-21(2)9-16(25)19-17(10-21)26-20(23)14(11-22)18(19)13-7-8-24-15-6-4-3-5-12(13)15/h3-8,18H,9-10,23H2,1-2H3/t18-/m1/s1. The number of hydrogen-bond donors (Lipinski definition) is 1. The highest BCUT2D eigenvalue weighted by atomic mass is 16.5. The van der Waals surface area contributed by atoms with E-state index in [1.165, 1.54) is 0 Å². The van der Waals surface area contributed by atoms with Crippen molar-refractivity contribution in [2.24, 2.45) is 11.1 Å². The minimum Gasteiger partial charge on any atom is -0.444 e. The Balaban J connectivity index is 1.99. The lowest BCUT2D eigenvalue weighted by atomic mass is 9.70. The molecule has 0 spiro atoms. The minimum atomic E-state index is -0.514. The number of hydrogen-bond acceptors (Lipinski definition) is 5. The van der Waals surface area contributed by atoms with Gasteiger partial charge in [-0.25, -0.2) is 0 Å². The van der Waals surface area contributed by atoms with Crippen molar-refractivity contribution < 1.29 is 9.53 Å². The smallest absolute Gasteiger partial charge is 0.205 e. The zero-order valence-corrected chi connectivity index (χ0v) is 14.7. The SMILES string of the molecule is CC1(C)CC(=O)C2=C(C1)OC(N)=C(C#N)[C@H]2c1ccnc2ccccc12. The minimum absolute atomic E-state index is 0.0161. The lowest BCUT2D eigenvalue weighted by Gasteiger charge is -2.37. The molecule has 0 saturated carbocycles. The molecule has 1 aliphatic heterocycles. The Morgan fingerprint density at radius 3 is 2.81 bits per heavy atom. The first-order valence-corrected chi connectivity index (χ1v) is 8.59. The number of para-hydroxylation sites is 1. The first kappa shape index (κ1) is 16.3. The van der Waals surface area contributed by atoms with Gasteiger partial charge in [-0.1, -0.05) is 32.0 Å². The summed E-state index contributed by atoms with van der Waals surface area (Å²) in [5.74, 6) is 0.180. The van der Waals surface area contributed by atoms with E-state index in [9.17, 15) is 10.1 Å². The number of allylic oxidation sites excluding steroid dienone is 3.